The average Bonchev–Trinajstić information content (AvgIpc) is 2.30. The minimum atomic E-state index is 0.477. The number of rotatable bonds is 5. The Morgan fingerprint density at radius 2 is 2.19 bits per heavy atom. The lowest BCUT2D eigenvalue weighted by molar-refractivity contribution is 0.404. The number of hydrogen-bond donors (Lipinski definition) is 0. The SMILES string of the molecule is C/C=C\CC(CC)c1cc(Cl)ccc1OC. The van der Waals surface area contributed by atoms with E-state index in [4.69, 9.17) is 16.3 Å². The van der Waals surface area contributed by atoms with Crippen LogP contribution in [0.3, 0.4) is 0 Å². The second-order valence-electron chi connectivity index (χ2n) is 3.80. The van der Waals surface area contributed by atoms with Crippen LogP contribution in [-0.4, -0.2) is 7.11 Å². The van der Waals surface area contributed by atoms with E-state index in [0.717, 1.165) is 23.6 Å². The van der Waals surface area contributed by atoms with Gasteiger partial charge in [-0.1, -0.05) is 30.7 Å². The Labute approximate surface area is 103 Å². The van der Waals surface area contributed by atoms with Gasteiger partial charge in [0.15, 0.2) is 0 Å². The highest BCUT2D eigenvalue weighted by atomic mass is 35.5. The summed E-state index contributed by atoms with van der Waals surface area (Å²) in [7, 11) is 1.70. The third-order valence-electron chi connectivity index (χ3n) is 2.78. The molecule has 0 aliphatic carbocycles. The zero-order chi connectivity index (χ0) is 12.0. The summed E-state index contributed by atoms with van der Waals surface area (Å²) in [6, 6.07) is 5.82. The Morgan fingerprint density at radius 3 is 2.75 bits per heavy atom. The molecule has 1 nitrogen and oxygen atoms in total. The van der Waals surface area contributed by atoms with Gasteiger partial charge in [0.25, 0.3) is 0 Å². The quantitative estimate of drug-likeness (QED) is 0.669. The molecule has 0 aliphatic rings. The fourth-order valence-electron chi connectivity index (χ4n) is 1.84. The van der Waals surface area contributed by atoms with Gasteiger partial charge in [-0.15, -0.1) is 0 Å². The van der Waals surface area contributed by atoms with Crippen LogP contribution in [-0.2, 0) is 0 Å². The van der Waals surface area contributed by atoms with Crippen molar-refractivity contribution in [3.05, 3.63) is 40.9 Å². The molecular formula is C14H19ClO. The summed E-state index contributed by atoms with van der Waals surface area (Å²) in [5.74, 6) is 1.41. The van der Waals surface area contributed by atoms with E-state index in [2.05, 4.69) is 19.1 Å². The Kier molecular flexibility index (Phi) is 5.41. The molecule has 0 bridgehead atoms. The minimum Gasteiger partial charge on any atom is -0.496 e. The first kappa shape index (κ1) is 13.1. The summed E-state index contributed by atoms with van der Waals surface area (Å²) in [6.07, 6.45) is 6.39. The number of allylic oxidation sites excluding steroid dienone is 2. The van der Waals surface area contributed by atoms with Gasteiger partial charge in [0.2, 0.25) is 0 Å². The average molecular weight is 239 g/mol. The first-order valence-electron chi connectivity index (χ1n) is 5.67. The smallest absolute Gasteiger partial charge is 0.122 e. The van der Waals surface area contributed by atoms with Crippen LogP contribution in [0.4, 0.5) is 0 Å². The maximum Gasteiger partial charge on any atom is 0.122 e. The van der Waals surface area contributed by atoms with Gasteiger partial charge < -0.3 is 4.74 Å². The number of hydrogen-bond acceptors (Lipinski definition) is 1. The molecule has 0 N–H and O–H groups in total. The molecule has 88 valence electrons. The van der Waals surface area contributed by atoms with Gasteiger partial charge in [0.1, 0.15) is 5.75 Å². The fraction of sp³-hybridized carbons (Fsp3) is 0.429. The maximum absolute atomic E-state index is 6.04. The van der Waals surface area contributed by atoms with Crippen molar-refractivity contribution in [1.29, 1.82) is 0 Å². The van der Waals surface area contributed by atoms with Gasteiger partial charge in [0, 0.05) is 5.02 Å². The van der Waals surface area contributed by atoms with E-state index in [9.17, 15) is 0 Å². The predicted octanol–water partition coefficient (Wildman–Crippen LogP) is 4.81. The van der Waals surface area contributed by atoms with E-state index in [-0.39, 0.29) is 0 Å². The van der Waals surface area contributed by atoms with Gasteiger partial charge in [-0.25, -0.2) is 0 Å². The number of halogens is 1. The molecule has 1 aromatic carbocycles. The van der Waals surface area contributed by atoms with Gasteiger partial charge in [-0.05, 0) is 49.4 Å². The Hall–Kier alpha value is -0.950. The second-order valence-corrected chi connectivity index (χ2v) is 4.23. The molecule has 1 aromatic rings. The molecule has 0 amide bonds. The maximum atomic E-state index is 6.04. The second kappa shape index (κ2) is 6.59. The summed E-state index contributed by atoms with van der Waals surface area (Å²) >= 11 is 6.04. The molecule has 0 fully saturated rings. The molecule has 0 radical (unpaired) electrons. The molecule has 0 saturated carbocycles. The van der Waals surface area contributed by atoms with E-state index in [1.807, 2.05) is 25.1 Å². The van der Waals surface area contributed by atoms with Crippen LogP contribution in [0.15, 0.2) is 30.4 Å². The first-order chi connectivity index (χ1) is 7.72. The van der Waals surface area contributed by atoms with Crippen LogP contribution in [0.25, 0.3) is 0 Å². The Bertz CT molecular complexity index is 358. The lowest BCUT2D eigenvalue weighted by Crippen LogP contribution is -1.99. The van der Waals surface area contributed by atoms with Gasteiger partial charge >= 0.3 is 0 Å². The molecule has 0 aliphatic heterocycles. The van der Waals surface area contributed by atoms with Crippen LogP contribution in [0.2, 0.25) is 5.02 Å². The lowest BCUT2D eigenvalue weighted by Gasteiger charge is -2.17. The third-order valence-corrected chi connectivity index (χ3v) is 3.02. The predicted molar refractivity (Wildman–Crippen MR) is 70.5 cm³/mol. The van der Waals surface area contributed by atoms with Crippen molar-refractivity contribution >= 4 is 11.6 Å². The number of methoxy groups -OCH3 is 1. The van der Waals surface area contributed by atoms with Crippen LogP contribution >= 0.6 is 11.6 Å². The molecule has 1 atom stereocenters. The van der Waals surface area contributed by atoms with Crippen molar-refractivity contribution in [3.8, 4) is 5.75 Å². The van der Waals surface area contributed by atoms with Crippen molar-refractivity contribution in [3.63, 3.8) is 0 Å². The highest BCUT2D eigenvalue weighted by Crippen LogP contribution is 2.33. The van der Waals surface area contributed by atoms with Crippen LogP contribution in [0, 0.1) is 0 Å². The summed E-state index contributed by atoms with van der Waals surface area (Å²) in [5.41, 5.74) is 1.20. The molecule has 1 rings (SSSR count). The van der Waals surface area contributed by atoms with E-state index >= 15 is 0 Å². The zero-order valence-corrected chi connectivity index (χ0v) is 10.9. The summed E-state index contributed by atoms with van der Waals surface area (Å²) in [4.78, 5) is 0. The molecule has 0 spiro atoms. The van der Waals surface area contributed by atoms with Gasteiger partial charge in [0.05, 0.1) is 7.11 Å². The minimum absolute atomic E-state index is 0.477. The Morgan fingerprint density at radius 1 is 1.44 bits per heavy atom. The van der Waals surface area contributed by atoms with Crippen LogP contribution in [0.1, 0.15) is 38.2 Å². The first-order valence-corrected chi connectivity index (χ1v) is 6.05. The highest BCUT2D eigenvalue weighted by Gasteiger charge is 2.13. The van der Waals surface area contributed by atoms with E-state index in [1.165, 1.54) is 5.56 Å². The standard InChI is InChI=1S/C14H19ClO/c1-4-6-7-11(5-2)13-10-12(15)8-9-14(13)16-3/h4,6,8-11H,5,7H2,1-3H3/b6-4-. The van der Waals surface area contributed by atoms with E-state index in [1.54, 1.807) is 7.11 Å². The molecule has 0 heterocycles. The van der Waals surface area contributed by atoms with Crippen molar-refractivity contribution < 1.29 is 4.74 Å². The van der Waals surface area contributed by atoms with Crippen LogP contribution < -0.4 is 4.74 Å². The van der Waals surface area contributed by atoms with Crippen molar-refractivity contribution in [2.24, 2.45) is 0 Å². The zero-order valence-electron chi connectivity index (χ0n) is 10.2. The van der Waals surface area contributed by atoms with Crippen molar-refractivity contribution in [2.75, 3.05) is 7.11 Å². The molecule has 0 saturated heterocycles. The van der Waals surface area contributed by atoms with E-state index < -0.39 is 0 Å². The number of benzene rings is 1. The fourth-order valence-corrected chi connectivity index (χ4v) is 2.02. The topological polar surface area (TPSA) is 9.23 Å². The van der Waals surface area contributed by atoms with Crippen molar-refractivity contribution in [2.45, 2.75) is 32.6 Å². The van der Waals surface area contributed by atoms with Gasteiger partial charge in [-0.3, -0.25) is 0 Å². The lowest BCUT2D eigenvalue weighted by atomic mass is 9.92. The molecule has 2 heteroatoms. The normalized spacial score (nSPS) is 13.0. The molecule has 16 heavy (non-hydrogen) atoms. The summed E-state index contributed by atoms with van der Waals surface area (Å²) < 4.78 is 5.38. The Balaban J connectivity index is 3.01. The number of ether oxygens (including phenoxy) is 1. The summed E-state index contributed by atoms with van der Waals surface area (Å²) in [5, 5.41) is 0.773. The third kappa shape index (κ3) is 3.28. The molecule has 0 aromatic heterocycles. The molecule has 1 unspecified atom stereocenters. The monoisotopic (exact) mass is 238 g/mol. The van der Waals surface area contributed by atoms with Gasteiger partial charge in [-0.2, -0.15) is 0 Å². The van der Waals surface area contributed by atoms with Crippen molar-refractivity contribution in [1.82, 2.24) is 0 Å². The van der Waals surface area contributed by atoms with E-state index in [0.29, 0.717) is 5.92 Å². The highest BCUT2D eigenvalue weighted by molar-refractivity contribution is 6.30. The largest absolute Gasteiger partial charge is 0.496 e. The molecular weight excluding hydrogens is 220 g/mol. The summed E-state index contributed by atoms with van der Waals surface area (Å²) in [6.45, 7) is 4.23. The van der Waals surface area contributed by atoms with Crippen LogP contribution in [0.5, 0.6) is 5.75 Å².